The first-order valence-corrected chi connectivity index (χ1v) is 10.6. The monoisotopic (exact) mass is 404 g/mol. The summed E-state index contributed by atoms with van der Waals surface area (Å²) in [5.41, 5.74) is 1.93. The van der Waals surface area contributed by atoms with Gasteiger partial charge in [-0.3, -0.25) is 4.72 Å². The van der Waals surface area contributed by atoms with Crippen LogP contribution in [0.1, 0.15) is 24.2 Å². The number of hydrogen-bond donors (Lipinski definition) is 2. The normalized spacial score (nSPS) is 12.7. The van der Waals surface area contributed by atoms with E-state index >= 15 is 0 Å². The summed E-state index contributed by atoms with van der Waals surface area (Å²) >= 11 is 0. The van der Waals surface area contributed by atoms with Crippen LogP contribution in [0.3, 0.4) is 0 Å². The minimum atomic E-state index is -3.55. The van der Waals surface area contributed by atoms with Crippen molar-refractivity contribution in [2.75, 3.05) is 17.6 Å². The van der Waals surface area contributed by atoms with Crippen molar-refractivity contribution in [3.8, 4) is 11.1 Å². The fourth-order valence-electron chi connectivity index (χ4n) is 2.84. The largest absolute Gasteiger partial charge is 0.394 e. The molecule has 3 aromatic rings. The zero-order valence-corrected chi connectivity index (χ0v) is 16.3. The van der Waals surface area contributed by atoms with Crippen LogP contribution in [0.15, 0.2) is 48.5 Å². The van der Waals surface area contributed by atoms with Crippen molar-refractivity contribution in [1.29, 1.82) is 0 Å². The molecule has 9 heteroatoms. The number of nitrogens with zero attached hydrogens (tertiary/aromatic N) is 3. The van der Waals surface area contributed by atoms with E-state index in [0.717, 1.165) is 11.8 Å². The molecule has 148 valence electrons. The van der Waals surface area contributed by atoms with Crippen LogP contribution in [0.25, 0.3) is 11.1 Å². The first kappa shape index (κ1) is 20.0. The Balaban J connectivity index is 1.92. The molecule has 1 heterocycles. The molecule has 0 radical (unpaired) electrons. The predicted molar refractivity (Wildman–Crippen MR) is 105 cm³/mol. The predicted octanol–water partition coefficient (Wildman–Crippen LogP) is 2.60. The van der Waals surface area contributed by atoms with E-state index in [1.165, 1.54) is 10.7 Å². The van der Waals surface area contributed by atoms with E-state index < -0.39 is 10.0 Å². The summed E-state index contributed by atoms with van der Waals surface area (Å²) in [4.78, 5) is 4.23. The van der Waals surface area contributed by atoms with Crippen molar-refractivity contribution in [1.82, 2.24) is 14.8 Å². The third-order valence-corrected chi connectivity index (χ3v) is 4.80. The Bertz CT molecular complexity index is 1070. The van der Waals surface area contributed by atoms with Crippen molar-refractivity contribution >= 4 is 16.0 Å². The molecular formula is C19H21FN4O3S. The van der Waals surface area contributed by atoms with Gasteiger partial charge < -0.3 is 5.11 Å². The molecule has 2 aromatic carbocycles. The van der Waals surface area contributed by atoms with Crippen LogP contribution in [0.2, 0.25) is 0 Å². The van der Waals surface area contributed by atoms with Gasteiger partial charge in [0, 0.05) is 11.5 Å². The second-order valence-electron chi connectivity index (χ2n) is 6.44. The maximum Gasteiger partial charge on any atom is 0.235 e. The Hall–Kier alpha value is -2.78. The summed E-state index contributed by atoms with van der Waals surface area (Å²) in [7, 11) is -3.55. The van der Waals surface area contributed by atoms with Gasteiger partial charge in [0.1, 0.15) is 5.82 Å². The van der Waals surface area contributed by atoms with Gasteiger partial charge in [0.25, 0.3) is 0 Å². The first-order valence-electron chi connectivity index (χ1n) is 8.66. The SMILES string of the molecule is CC(c1ccc(-c2ccccc2)c(F)c1)c1nc(NS(C)(=O)=O)n(CCO)n1. The van der Waals surface area contributed by atoms with Crippen molar-refractivity contribution in [2.45, 2.75) is 19.4 Å². The van der Waals surface area contributed by atoms with Gasteiger partial charge >= 0.3 is 0 Å². The maximum absolute atomic E-state index is 14.7. The Morgan fingerprint density at radius 3 is 2.54 bits per heavy atom. The third kappa shape index (κ3) is 4.55. The number of benzene rings is 2. The lowest BCUT2D eigenvalue weighted by Gasteiger charge is -2.10. The molecule has 0 bridgehead atoms. The van der Waals surface area contributed by atoms with E-state index in [-0.39, 0.29) is 30.8 Å². The number of aliphatic hydroxyl groups is 1. The molecule has 0 amide bonds. The van der Waals surface area contributed by atoms with Gasteiger partial charge in [0.05, 0.1) is 19.4 Å². The fourth-order valence-corrected chi connectivity index (χ4v) is 3.32. The summed E-state index contributed by atoms with van der Waals surface area (Å²) < 4.78 is 41.3. The molecule has 0 saturated carbocycles. The average Bonchev–Trinajstić information content (AvgIpc) is 3.03. The van der Waals surface area contributed by atoms with E-state index in [0.29, 0.717) is 17.0 Å². The van der Waals surface area contributed by atoms with Crippen LogP contribution in [-0.2, 0) is 16.6 Å². The molecule has 0 spiro atoms. The molecule has 28 heavy (non-hydrogen) atoms. The van der Waals surface area contributed by atoms with Crippen LogP contribution in [-0.4, -0.2) is 41.2 Å². The summed E-state index contributed by atoms with van der Waals surface area (Å²) in [6.07, 6.45) is 1.01. The van der Waals surface area contributed by atoms with Gasteiger partial charge in [-0.05, 0) is 17.2 Å². The Morgan fingerprint density at radius 1 is 1.21 bits per heavy atom. The molecule has 2 N–H and O–H groups in total. The van der Waals surface area contributed by atoms with Gasteiger partial charge in [-0.15, -0.1) is 0 Å². The summed E-state index contributed by atoms with van der Waals surface area (Å²) in [6, 6.07) is 14.2. The average molecular weight is 404 g/mol. The molecule has 1 unspecified atom stereocenters. The highest BCUT2D eigenvalue weighted by atomic mass is 32.2. The van der Waals surface area contributed by atoms with Gasteiger partial charge in [-0.25, -0.2) is 17.5 Å². The van der Waals surface area contributed by atoms with Crippen molar-refractivity contribution in [3.63, 3.8) is 0 Å². The van der Waals surface area contributed by atoms with Crippen LogP contribution in [0, 0.1) is 5.82 Å². The molecule has 0 saturated heterocycles. The second-order valence-corrected chi connectivity index (χ2v) is 8.19. The molecule has 0 aliphatic rings. The van der Waals surface area contributed by atoms with Crippen LogP contribution >= 0.6 is 0 Å². The number of aliphatic hydroxyl groups excluding tert-OH is 1. The van der Waals surface area contributed by atoms with Crippen molar-refractivity contribution < 1.29 is 17.9 Å². The lowest BCUT2D eigenvalue weighted by atomic mass is 9.96. The van der Waals surface area contributed by atoms with E-state index in [1.54, 1.807) is 19.1 Å². The number of aromatic nitrogens is 3. The minimum absolute atomic E-state index is 0.0137. The second kappa shape index (κ2) is 8.07. The van der Waals surface area contributed by atoms with Crippen LogP contribution in [0.5, 0.6) is 0 Å². The standard InChI is InChI=1S/C19H21FN4O3S/c1-13(18-21-19(23-28(2,26)27)24(22-18)10-11-25)15-8-9-16(17(20)12-15)14-6-4-3-5-7-14/h3-9,12-13,25H,10-11H2,1-2H3,(H,21,22,23). The molecule has 0 aliphatic heterocycles. The van der Waals surface area contributed by atoms with E-state index in [4.69, 9.17) is 5.11 Å². The zero-order chi connectivity index (χ0) is 20.3. The van der Waals surface area contributed by atoms with Crippen molar-refractivity contribution in [3.05, 3.63) is 65.7 Å². The Kier molecular flexibility index (Phi) is 5.76. The number of anilines is 1. The number of rotatable bonds is 7. The van der Waals surface area contributed by atoms with Crippen molar-refractivity contribution in [2.24, 2.45) is 0 Å². The highest BCUT2D eigenvalue weighted by Gasteiger charge is 2.20. The van der Waals surface area contributed by atoms with E-state index in [9.17, 15) is 12.8 Å². The summed E-state index contributed by atoms with van der Waals surface area (Å²) in [5.74, 6) is -0.398. The highest BCUT2D eigenvalue weighted by Crippen LogP contribution is 2.28. The van der Waals surface area contributed by atoms with Gasteiger partial charge in [0.15, 0.2) is 5.82 Å². The molecule has 0 aliphatic carbocycles. The molecule has 1 atom stereocenters. The lowest BCUT2D eigenvalue weighted by molar-refractivity contribution is 0.270. The molecule has 0 fully saturated rings. The third-order valence-electron chi connectivity index (χ3n) is 4.24. The van der Waals surface area contributed by atoms with E-state index in [1.807, 2.05) is 30.3 Å². The van der Waals surface area contributed by atoms with Gasteiger partial charge in [-0.1, -0.05) is 49.4 Å². The zero-order valence-electron chi connectivity index (χ0n) is 15.5. The number of sulfonamides is 1. The quantitative estimate of drug-likeness (QED) is 0.631. The molecule has 3 rings (SSSR count). The van der Waals surface area contributed by atoms with Crippen LogP contribution in [0.4, 0.5) is 10.3 Å². The van der Waals surface area contributed by atoms with Gasteiger partial charge in [-0.2, -0.15) is 10.1 Å². The molecule has 7 nitrogen and oxygen atoms in total. The smallest absolute Gasteiger partial charge is 0.235 e. The van der Waals surface area contributed by atoms with Gasteiger partial charge in [0.2, 0.25) is 16.0 Å². The van der Waals surface area contributed by atoms with E-state index in [2.05, 4.69) is 14.8 Å². The topological polar surface area (TPSA) is 97.1 Å². The summed E-state index contributed by atoms with van der Waals surface area (Å²) in [6.45, 7) is 1.66. The number of halogens is 1. The van der Waals surface area contributed by atoms with Crippen LogP contribution < -0.4 is 4.72 Å². The highest BCUT2D eigenvalue weighted by molar-refractivity contribution is 7.91. The lowest BCUT2D eigenvalue weighted by Crippen LogP contribution is -2.16. The molecule has 1 aromatic heterocycles. The fraction of sp³-hybridized carbons (Fsp3) is 0.263. The molecular weight excluding hydrogens is 383 g/mol. The number of nitrogens with one attached hydrogen (secondary N) is 1. The number of hydrogen-bond acceptors (Lipinski definition) is 5. The first-order chi connectivity index (χ1) is 13.3. The Morgan fingerprint density at radius 2 is 1.93 bits per heavy atom. The summed E-state index contributed by atoms with van der Waals surface area (Å²) in [5, 5.41) is 13.4. The maximum atomic E-state index is 14.7. The minimum Gasteiger partial charge on any atom is -0.394 e. The Labute approximate surface area is 162 Å².